The van der Waals surface area contributed by atoms with Crippen molar-refractivity contribution in [3.8, 4) is 5.75 Å². The van der Waals surface area contributed by atoms with Gasteiger partial charge in [-0.25, -0.2) is 4.98 Å². The second kappa shape index (κ2) is 9.87. The Kier molecular flexibility index (Phi) is 6.15. The molecule has 3 aromatic carbocycles. The molecule has 0 aliphatic carbocycles. The van der Waals surface area contributed by atoms with Gasteiger partial charge in [-0.15, -0.1) is 10.2 Å². The third kappa shape index (κ3) is 5.49. The summed E-state index contributed by atoms with van der Waals surface area (Å²) < 4.78 is 5.92. The van der Waals surface area contributed by atoms with E-state index in [0.29, 0.717) is 6.61 Å². The van der Waals surface area contributed by atoms with Crippen molar-refractivity contribution in [1.82, 2.24) is 25.6 Å². The Labute approximate surface area is 192 Å². The number of rotatable bonds is 8. The van der Waals surface area contributed by atoms with Gasteiger partial charge in [-0.3, -0.25) is 0 Å². The van der Waals surface area contributed by atoms with Crippen LogP contribution in [0.4, 0.5) is 0 Å². The van der Waals surface area contributed by atoms with Crippen molar-refractivity contribution in [1.29, 1.82) is 0 Å². The fraction of sp³-hybridized carbons (Fsp3) is 0.111. The third-order valence-electron chi connectivity index (χ3n) is 5.40. The molecule has 5 rings (SSSR count). The molecule has 6 nitrogen and oxygen atoms in total. The lowest BCUT2D eigenvalue weighted by Gasteiger charge is -2.07. The van der Waals surface area contributed by atoms with Crippen LogP contribution in [-0.2, 0) is 19.4 Å². The smallest absolute Gasteiger partial charge is 0.174 e. The first-order chi connectivity index (χ1) is 16.3. The van der Waals surface area contributed by atoms with E-state index in [2.05, 4.69) is 86.3 Å². The molecule has 0 aliphatic heterocycles. The Hall–Kier alpha value is -4.32. The van der Waals surface area contributed by atoms with E-state index in [0.717, 1.165) is 52.1 Å². The summed E-state index contributed by atoms with van der Waals surface area (Å²) >= 11 is 0. The molecule has 162 valence electrons. The van der Waals surface area contributed by atoms with E-state index in [-0.39, 0.29) is 0 Å². The Balaban J connectivity index is 1.14. The molecule has 0 amide bonds. The summed E-state index contributed by atoms with van der Waals surface area (Å²) in [5.41, 5.74) is 5.42. The zero-order valence-corrected chi connectivity index (χ0v) is 18.1. The minimum Gasteiger partial charge on any atom is -0.487 e. The number of ether oxygens (including phenoxy) is 1. The van der Waals surface area contributed by atoms with Crippen molar-refractivity contribution in [2.45, 2.75) is 19.4 Å². The Morgan fingerprint density at radius 2 is 1.52 bits per heavy atom. The molecular weight excluding hydrogens is 410 g/mol. The van der Waals surface area contributed by atoms with Crippen LogP contribution in [0.25, 0.3) is 23.1 Å². The number of aromatic amines is 1. The summed E-state index contributed by atoms with van der Waals surface area (Å²) in [6.45, 7) is 0.444. The first-order valence-corrected chi connectivity index (χ1v) is 10.9. The van der Waals surface area contributed by atoms with Crippen LogP contribution in [-0.4, -0.2) is 25.6 Å². The number of tetrazole rings is 1. The summed E-state index contributed by atoms with van der Waals surface area (Å²) in [7, 11) is 0. The Bertz CT molecular complexity index is 1340. The van der Waals surface area contributed by atoms with Gasteiger partial charge in [0.2, 0.25) is 0 Å². The molecule has 5 aromatic rings. The maximum absolute atomic E-state index is 5.92. The van der Waals surface area contributed by atoms with Gasteiger partial charge < -0.3 is 4.74 Å². The predicted molar refractivity (Wildman–Crippen MR) is 129 cm³/mol. The number of hydrogen-bond donors (Lipinski definition) is 1. The summed E-state index contributed by atoms with van der Waals surface area (Å²) in [4.78, 5) is 4.65. The number of nitrogens with zero attached hydrogens (tertiary/aromatic N) is 4. The van der Waals surface area contributed by atoms with Crippen LogP contribution in [0.2, 0.25) is 0 Å². The van der Waals surface area contributed by atoms with E-state index in [1.165, 1.54) is 5.56 Å². The number of fused-ring (bicyclic) bond motifs is 1. The normalized spacial score (nSPS) is 11.3. The van der Waals surface area contributed by atoms with Crippen LogP contribution in [0.1, 0.15) is 28.2 Å². The molecule has 2 aromatic heterocycles. The summed E-state index contributed by atoms with van der Waals surface area (Å²) in [5.74, 6) is 1.56. The number of para-hydroxylation sites is 1. The van der Waals surface area contributed by atoms with E-state index in [4.69, 9.17) is 4.74 Å². The molecule has 0 radical (unpaired) electrons. The second-order valence-corrected chi connectivity index (χ2v) is 7.76. The monoisotopic (exact) mass is 433 g/mol. The van der Waals surface area contributed by atoms with Gasteiger partial charge in [-0.05, 0) is 47.4 Å². The van der Waals surface area contributed by atoms with E-state index in [1.54, 1.807) is 0 Å². The van der Waals surface area contributed by atoms with Crippen molar-refractivity contribution in [3.63, 3.8) is 0 Å². The Morgan fingerprint density at radius 3 is 2.27 bits per heavy atom. The topological polar surface area (TPSA) is 76.6 Å². The minimum absolute atomic E-state index is 0.444. The highest BCUT2D eigenvalue weighted by Gasteiger charge is 2.01. The molecule has 33 heavy (non-hydrogen) atoms. The highest BCUT2D eigenvalue weighted by atomic mass is 16.5. The number of aryl methyl sites for hydroxylation is 2. The minimum atomic E-state index is 0.444. The van der Waals surface area contributed by atoms with E-state index in [1.807, 2.05) is 36.4 Å². The van der Waals surface area contributed by atoms with Crippen LogP contribution >= 0.6 is 0 Å². The molecule has 0 aliphatic rings. The van der Waals surface area contributed by atoms with Gasteiger partial charge in [0.1, 0.15) is 12.4 Å². The van der Waals surface area contributed by atoms with Gasteiger partial charge >= 0.3 is 0 Å². The maximum atomic E-state index is 5.92. The van der Waals surface area contributed by atoms with Gasteiger partial charge in [0.15, 0.2) is 5.82 Å². The summed E-state index contributed by atoms with van der Waals surface area (Å²) in [5, 5.41) is 15.2. The molecule has 0 fully saturated rings. The molecule has 0 bridgehead atoms. The number of benzene rings is 3. The number of aromatic nitrogens is 5. The Morgan fingerprint density at radius 1 is 0.758 bits per heavy atom. The molecule has 0 saturated heterocycles. The largest absolute Gasteiger partial charge is 0.487 e. The SMILES string of the molecule is C(=Cc1ccc(OCc2ccc3ccccc3n2)cc1)c1ccc(CCc2nn[nH]n2)cc1. The third-order valence-corrected chi connectivity index (χ3v) is 5.40. The lowest BCUT2D eigenvalue weighted by molar-refractivity contribution is 0.302. The maximum Gasteiger partial charge on any atom is 0.174 e. The van der Waals surface area contributed by atoms with Gasteiger partial charge in [-0.2, -0.15) is 5.21 Å². The average Bonchev–Trinajstić information content (AvgIpc) is 3.40. The van der Waals surface area contributed by atoms with Crippen molar-refractivity contribution < 1.29 is 4.74 Å². The standard InChI is InChI=1S/C27H23N5O/c1-2-4-26-23(3-1)14-15-24(28-26)19-33-25-16-11-22(12-17-25)10-7-20-5-8-21(9-6-20)13-18-27-29-31-32-30-27/h1-12,14-17H,13,18-19H2,(H,29,30,31,32). The molecule has 0 atom stereocenters. The zero-order chi connectivity index (χ0) is 22.3. The van der Waals surface area contributed by atoms with Crippen LogP contribution < -0.4 is 4.74 Å². The van der Waals surface area contributed by atoms with Crippen LogP contribution in [0, 0.1) is 0 Å². The van der Waals surface area contributed by atoms with Crippen LogP contribution in [0.5, 0.6) is 5.75 Å². The molecule has 0 unspecified atom stereocenters. The summed E-state index contributed by atoms with van der Waals surface area (Å²) in [6.07, 6.45) is 5.87. The number of nitrogens with one attached hydrogen (secondary N) is 1. The van der Waals surface area contributed by atoms with Crippen LogP contribution in [0.15, 0.2) is 84.9 Å². The van der Waals surface area contributed by atoms with Gasteiger partial charge in [0.05, 0.1) is 11.2 Å². The molecule has 6 heteroatoms. The van der Waals surface area contributed by atoms with E-state index in [9.17, 15) is 0 Å². The first-order valence-electron chi connectivity index (χ1n) is 10.9. The second-order valence-electron chi connectivity index (χ2n) is 7.76. The predicted octanol–water partition coefficient (Wildman–Crippen LogP) is 5.28. The van der Waals surface area contributed by atoms with Gasteiger partial charge in [-0.1, -0.05) is 78.0 Å². The molecular formula is C27H23N5O. The quantitative estimate of drug-likeness (QED) is 0.337. The number of H-pyrrole nitrogens is 1. The lowest BCUT2D eigenvalue weighted by atomic mass is 10.1. The summed E-state index contributed by atoms with van der Waals surface area (Å²) in [6, 6.07) is 28.8. The number of hydrogen-bond acceptors (Lipinski definition) is 5. The van der Waals surface area contributed by atoms with E-state index >= 15 is 0 Å². The zero-order valence-electron chi connectivity index (χ0n) is 18.1. The molecule has 2 heterocycles. The lowest BCUT2D eigenvalue weighted by Crippen LogP contribution is -1.98. The van der Waals surface area contributed by atoms with Gasteiger partial charge in [0.25, 0.3) is 0 Å². The van der Waals surface area contributed by atoms with Crippen molar-refractivity contribution in [3.05, 3.63) is 113 Å². The average molecular weight is 434 g/mol. The molecule has 0 spiro atoms. The van der Waals surface area contributed by atoms with Crippen molar-refractivity contribution >= 4 is 23.1 Å². The van der Waals surface area contributed by atoms with Gasteiger partial charge in [0, 0.05) is 11.8 Å². The van der Waals surface area contributed by atoms with Crippen molar-refractivity contribution in [2.75, 3.05) is 0 Å². The molecule has 1 N–H and O–H groups in total. The van der Waals surface area contributed by atoms with E-state index < -0.39 is 0 Å². The fourth-order valence-electron chi connectivity index (χ4n) is 3.55. The van der Waals surface area contributed by atoms with Crippen LogP contribution in [0.3, 0.4) is 0 Å². The highest BCUT2D eigenvalue weighted by Crippen LogP contribution is 2.18. The highest BCUT2D eigenvalue weighted by molar-refractivity contribution is 5.78. The first kappa shape index (κ1) is 20.6. The fourth-order valence-corrected chi connectivity index (χ4v) is 3.55. The molecule has 0 saturated carbocycles. The van der Waals surface area contributed by atoms with Crippen molar-refractivity contribution in [2.24, 2.45) is 0 Å². The number of pyridine rings is 1.